The average molecular weight is 325 g/mol. The second-order valence-corrected chi connectivity index (χ2v) is 5.56. The molecule has 2 N–H and O–H groups in total. The molecule has 0 radical (unpaired) electrons. The van der Waals surface area contributed by atoms with Gasteiger partial charge in [0.2, 0.25) is 0 Å². The number of halogens is 1. The van der Waals surface area contributed by atoms with Gasteiger partial charge in [0, 0.05) is 15.6 Å². The van der Waals surface area contributed by atoms with Crippen molar-refractivity contribution >= 4 is 33.4 Å². The van der Waals surface area contributed by atoms with Gasteiger partial charge < -0.3 is 10.5 Å². The molecule has 0 aliphatic rings. The van der Waals surface area contributed by atoms with Gasteiger partial charge in [0.25, 0.3) is 0 Å². The molecule has 0 bridgehead atoms. The second kappa shape index (κ2) is 6.11. The van der Waals surface area contributed by atoms with E-state index in [9.17, 15) is 0 Å². The number of benzene rings is 1. The third-order valence-electron chi connectivity index (χ3n) is 2.21. The number of anilines is 1. The van der Waals surface area contributed by atoms with Crippen molar-refractivity contribution in [2.45, 2.75) is 16.8 Å². The van der Waals surface area contributed by atoms with Crippen molar-refractivity contribution in [3.05, 3.63) is 41.0 Å². The lowest BCUT2D eigenvalue weighted by molar-refractivity contribution is 0.341. The van der Waals surface area contributed by atoms with E-state index in [1.54, 1.807) is 18.0 Å². The summed E-state index contributed by atoms with van der Waals surface area (Å²) in [5.41, 5.74) is 6.49. The van der Waals surface area contributed by atoms with Crippen molar-refractivity contribution < 1.29 is 4.74 Å². The molecule has 3 nitrogen and oxygen atoms in total. The fraction of sp³-hybridized carbons (Fsp3) is 0.154. The third-order valence-corrected chi connectivity index (χ3v) is 3.62. The molecule has 1 aromatic heterocycles. The lowest BCUT2D eigenvalue weighted by Crippen LogP contribution is -1.96. The maximum absolute atomic E-state index is 5.83. The van der Waals surface area contributed by atoms with Crippen LogP contribution in [0.4, 0.5) is 5.69 Å². The topological polar surface area (TPSA) is 48.1 Å². The van der Waals surface area contributed by atoms with Gasteiger partial charge >= 0.3 is 0 Å². The Hall–Kier alpha value is -1.20. The SMILES string of the molecule is CCOc1cc(Sc2ccc(Br)cn2)ccc1N. The first kappa shape index (κ1) is 13.2. The summed E-state index contributed by atoms with van der Waals surface area (Å²) in [6, 6.07) is 9.69. The van der Waals surface area contributed by atoms with Crippen LogP contribution in [0.1, 0.15) is 6.92 Å². The van der Waals surface area contributed by atoms with E-state index in [0.717, 1.165) is 20.1 Å². The summed E-state index contributed by atoms with van der Waals surface area (Å²) in [4.78, 5) is 5.37. The van der Waals surface area contributed by atoms with Crippen LogP contribution in [0.15, 0.2) is 50.9 Å². The number of hydrogen-bond acceptors (Lipinski definition) is 4. The molecule has 0 spiro atoms. The first-order valence-electron chi connectivity index (χ1n) is 5.51. The van der Waals surface area contributed by atoms with Gasteiger partial charge in [-0.05, 0) is 53.2 Å². The third kappa shape index (κ3) is 3.40. The van der Waals surface area contributed by atoms with Crippen LogP contribution in [0.3, 0.4) is 0 Å². The van der Waals surface area contributed by atoms with Gasteiger partial charge in [-0.25, -0.2) is 4.98 Å². The number of rotatable bonds is 4. The summed E-state index contributed by atoms with van der Waals surface area (Å²) in [5, 5.41) is 0.936. The summed E-state index contributed by atoms with van der Waals surface area (Å²) in [6.07, 6.45) is 1.78. The highest BCUT2D eigenvalue weighted by Gasteiger charge is 2.04. The Balaban J connectivity index is 2.18. The summed E-state index contributed by atoms with van der Waals surface area (Å²) < 4.78 is 6.44. The quantitative estimate of drug-likeness (QED) is 0.864. The lowest BCUT2D eigenvalue weighted by Gasteiger charge is -2.08. The second-order valence-electron chi connectivity index (χ2n) is 3.55. The van der Waals surface area contributed by atoms with Crippen LogP contribution in [-0.2, 0) is 0 Å². The average Bonchev–Trinajstić information content (AvgIpc) is 2.37. The first-order chi connectivity index (χ1) is 8.69. The summed E-state index contributed by atoms with van der Waals surface area (Å²) in [7, 11) is 0. The van der Waals surface area contributed by atoms with Gasteiger partial charge in [-0.15, -0.1) is 0 Å². The Morgan fingerprint density at radius 2 is 2.17 bits per heavy atom. The lowest BCUT2D eigenvalue weighted by atomic mass is 10.3. The fourth-order valence-electron chi connectivity index (χ4n) is 1.40. The van der Waals surface area contributed by atoms with E-state index >= 15 is 0 Å². The van der Waals surface area contributed by atoms with Gasteiger partial charge in [0.15, 0.2) is 0 Å². The van der Waals surface area contributed by atoms with Gasteiger partial charge in [-0.2, -0.15) is 0 Å². The van der Waals surface area contributed by atoms with E-state index in [1.807, 2.05) is 37.3 Å². The van der Waals surface area contributed by atoms with Crippen molar-refractivity contribution in [1.29, 1.82) is 0 Å². The van der Waals surface area contributed by atoms with Gasteiger partial charge in [-0.3, -0.25) is 0 Å². The van der Waals surface area contributed by atoms with Crippen LogP contribution in [-0.4, -0.2) is 11.6 Å². The molecule has 18 heavy (non-hydrogen) atoms. The van der Waals surface area contributed by atoms with Gasteiger partial charge in [-0.1, -0.05) is 11.8 Å². The number of hydrogen-bond donors (Lipinski definition) is 1. The zero-order valence-electron chi connectivity index (χ0n) is 9.89. The predicted molar refractivity (Wildman–Crippen MR) is 78.1 cm³/mol. The minimum absolute atomic E-state index is 0.606. The number of nitrogens with two attached hydrogens (primary N) is 1. The summed E-state index contributed by atoms with van der Waals surface area (Å²) in [6.45, 7) is 2.55. The van der Waals surface area contributed by atoms with E-state index in [2.05, 4.69) is 20.9 Å². The van der Waals surface area contributed by atoms with Crippen LogP contribution < -0.4 is 10.5 Å². The monoisotopic (exact) mass is 324 g/mol. The molecular weight excluding hydrogens is 312 g/mol. The standard InChI is InChI=1S/C13H13BrN2OS/c1-2-17-12-7-10(4-5-11(12)15)18-13-6-3-9(14)8-16-13/h3-8H,2,15H2,1H3. The van der Waals surface area contributed by atoms with E-state index in [4.69, 9.17) is 10.5 Å². The molecule has 0 aliphatic carbocycles. The Bertz CT molecular complexity index is 531. The normalized spacial score (nSPS) is 10.3. The number of nitrogens with zero attached hydrogens (tertiary/aromatic N) is 1. The smallest absolute Gasteiger partial charge is 0.143 e. The molecule has 5 heteroatoms. The van der Waals surface area contributed by atoms with Crippen molar-refractivity contribution in [3.8, 4) is 5.75 Å². The fourth-order valence-corrected chi connectivity index (χ4v) is 2.42. The highest BCUT2D eigenvalue weighted by Crippen LogP contribution is 2.32. The molecule has 0 unspecified atom stereocenters. The van der Waals surface area contributed by atoms with E-state index in [1.165, 1.54) is 0 Å². The molecule has 0 amide bonds. The Morgan fingerprint density at radius 3 is 2.83 bits per heavy atom. The van der Waals surface area contributed by atoms with Crippen LogP contribution >= 0.6 is 27.7 Å². The van der Waals surface area contributed by atoms with E-state index in [-0.39, 0.29) is 0 Å². The van der Waals surface area contributed by atoms with Crippen molar-refractivity contribution in [2.24, 2.45) is 0 Å². The number of nitrogen functional groups attached to an aromatic ring is 1. The zero-order valence-corrected chi connectivity index (χ0v) is 12.3. The van der Waals surface area contributed by atoms with Crippen LogP contribution in [0, 0.1) is 0 Å². The maximum Gasteiger partial charge on any atom is 0.143 e. The molecule has 0 saturated carbocycles. The Labute approximate surface area is 119 Å². The molecule has 1 heterocycles. The largest absolute Gasteiger partial charge is 0.492 e. The van der Waals surface area contributed by atoms with Gasteiger partial charge in [0.1, 0.15) is 10.8 Å². The van der Waals surface area contributed by atoms with Crippen molar-refractivity contribution in [1.82, 2.24) is 4.98 Å². The summed E-state index contributed by atoms with van der Waals surface area (Å²) >= 11 is 4.94. The van der Waals surface area contributed by atoms with Crippen molar-refractivity contribution in [3.63, 3.8) is 0 Å². The highest BCUT2D eigenvalue weighted by atomic mass is 79.9. The molecule has 0 saturated heterocycles. The molecule has 94 valence electrons. The van der Waals surface area contributed by atoms with Gasteiger partial charge in [0.05, 0.1) is 12.3 Å². The molecule has 0 fully saturated rings. The molecule has 0 atom stereocenters. The molecule has 2 aromatic rings. The summed E-state index contributed by atoms with van der Waals surface area (Å²) in [5.74, 6) is 0.722. The Kier molecular flexibility index (Phi) is 4.49. The number of aromatic nitrogens is 1. The zero-order chi connectivity index (χ0) is 13.0. The molecule has 1 aromatic carbocycles. The number of pyridine rings is 1. The van der Waals surface area contributed by atoms with E-state index < -0.39 is 0 Å². The van der Waals surface area contributed by atoms with Crippen LogP contribution in [0.5, 0.6) is 5.75 Å². The minimum atomic E-state index is 0.606. The molecular formula is C13H13BrN2OS. The molecule has 2 rings (SSSR count). The number of ether oxygens (including phenoxy) is 1. The Morgan fingerprint density at radius 1 is 1.33 bits per heavy atom. The molecule has 0 aliphatic heterocycles. The van der Waals surface area contributed by atoms with E-state index in [0.29, 0.717) is 12.3 Å². The van der Waals surface area contributed by atoms with Crippen LogP contribution in [0.2, 0.25) is 0 Å². The maximum atomic E-state index is 5.83. The van der Waals surface area contributed by atoms with Crippen LogP contribution in [0.25, 0.3) is 0 Å². The predicted octanol–water partition coefficient (Wildman–Crippen LogP) is 3.98. The highest BCUT2D eigenvalue weighted by molar-refractivity contribution is 9.10. The van der Waals surface area contributed by atoms with Crippen molar-refractivity contribution in [2.75, 3.05) is 12.3 Å². The first-order valence-corrected chi connectivity index (χ1v) is 7.11. The minimum Gasteiger partial charge on any atom is -0.492 e.